The van der Waals surface area contributed by atoms with Gasteiger partial charge in [-0.05, 0) is 18.9 Å². The van der Waals surface area contributed by atoms with E-state index in [1.165, 1.54) is 10.8 Å². The summed E-state index contributed by atoms with van der Waals surface area (Å²) >= 11 is 0. The number of nitrogens with zero attached hydrogens (tertiary/aromatic N) is 2. The molecular weight excluding hydrogens is 384 g/mol. The third kappa shape index (κ3) is 3.44. The van der Waals surface area contributed by atoms with Gasteiger partial charge in [-0.1, -0.05) is 0 Å². The normalized spacial score (nSPS) is 16.9. The molecule has 7 nitrogen and oxygen atoms in total. The van der Waals surface area contributed by atoms with Crippen molar-refractivity contribution < 1.29 is 23.4 Å². The molecule has 2 fully saturated rings. The second-order valence-corrected chi connectivity index (χ2v) is 6.48. The number of benzene rings is 1. The molecule has 0 atom stereocenters. The number of aromatic nitrogens is 1. The summed E-state index contributed by atoms with van der Waals surface area (Å²) in [4.78, 5) is 24.9. The number of hydrogen-bond donors (Lipinski definition) is 2. The van der Waals surface area contributed by atoms with Crippen LogP contribution in [0.3, 0.4) is 0 Å². The molecule has 10 heteroatoms. The fourth-order valence-corrected chi connectivity index (χ4v) is 3.39. The Kier molecular flexibility index (Phi) is 5.25. The molecule has 1 aromatic heterocycles. The summed E-state index contributed by atoms with van der Waals surface area (Å²) in [6.07, 6.45) is 1.09. The minimum Gasteiger partial charge on any atom is -0.449 e. The van der Waals surface area contributed by atoms with Crippen LogP contribution in [-0.2, 0) is 0 Å². The molecule has 0 unspecified atom stereocenters. The number of piperazine rings is 1. The summed E-state index contributed by atoms with van der Waals surface area (Å²) < 4.78 is 36.0. The predicted octanol–water partition coefficient (Wildman–Crippen LogP) is 2.50. The van der Waals surface area contributed by atoms with E-state index in [4.69, 9.17) is 5.11 Å². The molecule has 2 N–H and O–H groups in total. The maximum absolute atomic E-state index is 15.3. The number of rotatable bonds is 3. The Balaban J connectivity index is 0.00000210. The van der Waals surface area contributed by atoms with Crippen LogP contribution in [0.4, 0.5) is 19.3 Å². The van der Waals surface area contributed by atoms with Crippen LogP contribution in [0, 0.1) is 11.6 Å². The Bertz CT molecular complexity index is 956. The van der Waals surface area contributed by atoms with Gasteiger partial charge in [0, 0.05) is 32.2 Å². The molecule has 2 heterocycles. The maximum Gasteiger partial charge on any atom is 0.511 e. The standard InChI is InChI=1S/C17H17F2N3O4.ClH/c18-11-7-10-14(13(19)15(11)21-5-3-20-4-6-21)22(9-1-2-9)8-12(16(10)23)26-17(24)25;/h7-9,20H,1-6H2,(H,24,25);1H. The molecule has 1 saturated carbocycles. The quantitative estimate of drug-likeness (QED) is 0.769. The molecule has 27 heavy (non-hydrogen) atoms. The van der Waals surface area contributed by atoms with Crippen molar-refractivity contribution in [3.63, 3.8) is 0 Å². The van der Waals surface area contributed by atoms with Gasteiger partial charge < -0.3 is 24.6 Å². The molecule has 0 radical (unpaired) electrons. The molecule has 0 amide bonds. The van der Waals surface area contributed by atoms with E-state index in [2.05, 4.69) is 10.1 Å². The van der Waals surface area contributed by atoms with E-state index in [0.29, 0.717) is 26.2 Å². The van der Waals surface area contributed by atoms with Gasteiger partial charge in [0.15, 0.2) is 11.6 Å². The van der Waals surface area contributed by atoms with E-state index < -0.39 is 29.0 Å². The van der Waals surface area contributed by atoms with E-state index in [1.54, 1.807) is 4.90 Å². The van der Waals surface area contributed by atoms with Gasteiger partial charge >= 0.3 is 6.16 Å². The molecule has 2 aliphatic rings. The SMILES string of the molecule is Cl.O=C(O)Oc1cn(C2CC2)c2c(F)c(N3CCNCC3)c(F)cc2c1=O. The van der Waals surface area contributed by atoms with Gasteiger partial charge in [-0.3, -0.25) is 4.79 Å². The lowest BCUT2D eigenvalue weighted by molar-refractivity contribution is 0.143. The van der Waals surface area contributed by atoms with Crippen LogP contribution in [0.15, 0.2) is 17.1 Å². The lowest BCUT2D eigenvalue weighted by Gasteiger charge is -2.30. The highest BCUT2D eigenvalue weighted by molar-refractivity contribution is 5.86. The van der Waals surface area contributed by atoms with Crippen molar-refractivity contribution in [1.82, 2.24) is 9.88 Å². The first-order chi connectivity index (χ1) is 12.5. The summed E-state index contributed by atoms with van der Waals surface area (Å²) in [6.45, 7) is 2.12. The van der Waals surface area contributed by atoms with Gasteiger partial charge in [-0.15, -0.1) is 12.4 Å². The molecule has 0 bridgehead atoms. The second kappa shape index (κ2) is 7.32. The fraction of sp³-hybridized carbons (Fsp3) is 0.412. The number of hydrogen-bond acceptors (Lipinski definition) is 5. The smallest absolute Gasteiger partial charge is 0.449 e. The van der Waals surface area contributed by atoms with Crippen LogP contribution in [0.1, 0.15) is 18.9 Å². The van der Waals surface area contributed by atoms with Crippen molar-refractivity contribution in [3.8, 4) is 5.75 Å². The van der Waals surface area contributed by atoms with Crippen LogP contribution in [0.25, 0.3) is 10.9 Å². The summed E-state index contributed by atoms with van der Waals surface area (Å²) in [6, 6.07) is 0.913. The Morgan fingerprint density at radius 2 is 1.93 bits per heavy atom. The third-order valence-corrected chi connectivity index (χ3v) is 4.72. The molecule has 1 saturated heterocycles. The van der Waals surface area contributed by atoms with Gasteiger partial charge in [-0.2, -0.15) is 0 Å². The number of carboxylic acid groups (broad SMARTS) is 1. The van der Waals surface area contributed by atoms with E-state index in [0.717, 1.165) is 18.9 Å². The molecule has 1 aliphatic carbocycles. The zero-order valence-electron chi connectivity index (χ0n) is 14.2. The van der Waals surface area contributed by atoms with Crippen molar-refractivity contribution in [2.45, 2.75) is 18.9 Å². The third-order valence-electron chi connectivity index (χ3n) is 4.72. The average Bonchev–Trinajstić information content (AvgIpc) is 3.43. The van der Waals surface area contributed by atoms with Crippen LogP contribution in [-0.4, -0.2) is 42.0 Å². The zero-order chi connectivity index (χ0) is 18.4. The van der Waals surface area contributed by atoms with Crippen molar-refractivity contribution in [1.29, 1.82) is 0 Å². The number of fused-ring (bicyclic) bond motifs is 1. The lowest BCUT2D eigenvalue weighted by Crippen LogP contribution is -2.44. The molecule has 1 aromatic carbocycles. The fourth-order valence-electron chi connectivity index (χ4n) is 3.39. The van der Waals surface area contributed by atoms with Gasteiger partial charge in [0.2, 0.25) is 5.43 Å². The largest absolute Gasteiger partial charge is 0.511 e. The molecule has 1 aliphatic heterocycles. The second-order valence-electron chi connectivity index (χ2n) is 6.48. The maximum atomic E-state index is 15.3. The number of anilines is 1. The monoisotopic (exact) mass is 401 g/mol. The topological polar surface area (TPSA) is 83.8 Å². The molecule has 4 rings (SSSR count). The van der Waals surface area contributed by atoms with E-state index in [1.807, 2.05) is 0 Å². The summed E-state index contributed by atoms with van der Waals surface area (Å²) in [5, 5.41) is 11.7. The molecule has 0 spiro atoms. The summed E-state index contributed by atoms with van der Waals surface area (Å²) in [5.74, 6) is -2.10. The Labute approximate surface area is 158 Å². The Morgan fingerprint density at radius 3 is 2.52 bits per heavy atom. The van der Waals surface area contributed by atoms with Gasteiger partial charge in [0.1, 0.15) is 11.5 Å². The molecule has 2 aromatic rings. The van der Waals surface area contributed by atoms with Crippen molar-refractivity contribution in [3.05, 3.63) is 34.1 Å². The van der Waals surface area contributed by atoms with Crippen LogP contribution in [0.2, 0.25) is 0 Å². The number of nitrogens with one attached hydrogen (secondary N) is 1. The minimum atomic E-state index is -1.65. The van der Waals surface area contributed by atoms with Crippen LogP contribution < -0.4 is 20.4 Å². The van der Waals surface area contributed by atoms with Crippen molar-refractivity contribution in [2.75, 3.05) is 31.1 Å². The van der Waals surface area contributed by atoms with Crippen molar-refractivity contribution in [2.24, 2.45) is 0 Å². The van der Waals surface area contributed by atoms with Gasteiger partial charge in [0.05, 0.1) is 17.1 Å². The van der Waals surface area contributed by atoms with Crippen molar-refractivity contribution >= 4 is 35.2 Å². The summed E-state index contributed by atoms with van der Waals surface area (Å²) in [7, 11) is 0. The first-order valence-corrected chi connectivity index (χ1v) is 8.40. The first-order valence-electron chi connectivity index (χ1n) is 8.40. The lowest BCUT2D eigenvalue weighted by atomic mass is 10.1. The molecular formula is C17H18ClF2N3O4. The number of ether oxygens (including phenoxy) is 1. The highest BCUT2D eigenvalue weighted by atomic mass is 35.5. The Hall–Kier alpha value is -2.39. The van der Waals surface area contributed by atoms with Gasteiger partial charge in [0.25, 0.3) is 0 Å². The highest BCUT2D eigenvalue weighted by Crippen LogP contribution is 2.40. The summed E-state index contributed by atoms with van der Waals surface area (Å²) in [5.41, 5.74) is -1.01. The number of carbonyl (C=O) groups is 1. The van der Waals surface area contributed by atoms with E-state index in [9.17, 15) is 14.0 Å². The van der Waals surface area contributed by atoms with E-state index >= 15 is 4.39 Å². The predicted molar refractivity (Wildman–Crippen MR) is 97.4 cm³/mol. The van der Waals surface area contributed by atoms with E-state index in [-0.39, 0.29) is 35.0 Å². The van der Waals surface area contributed by atoms with Crippen LogP contribution >= 0.6 is 12.4 Å². The van der Waals surface area contributed by atoms with Gasteiger partial charge in [-0.25, -0.2) is 13.6 Å². The molecule has 146 valence electrons. The average molecular weight is 402 g/mol. The van der Waals surface area contributed by atoms with Crippen LogP contribution in [0.5, 0.6) is 5.75 Å². The number of halogens is 3. The minimum absolute atomic E-state index is 0. The zero-order valence-corrected chi connectivity index (χ0v) is 15.0. The first kappa shape index (κ1) is 19.4. The Morgan fingerprint density at radius 1 is 1.26 bits per heavy atom. The highest BCUT2D eigenvalue weighted by Gasteiger charge is 2.30. The number of pyridine rings is 1.